The fourth-order valence-corrected chi connectivity index (χ4v) is 3.98. The smallest absolute Gasteiger partial charge is 0.243 e. The minimum Gasteiger partial charge on any atom is -0.369 e. The molecule has 1 aliphatic heterocycles. The van der Waals surface area contributed by atoms with E-state index in [1.807, 2.05) is 0 Å². The highest BCUT2D eigenvalue weighted by atomic mass is 35.5. The topological polar surface area (TPSA) is 80.5 Å². The average Bonchev–Trinajstić information content (AvgIpc) is 2.42. The van der Waals surface area contributed by atoms with Gasteiger partial charge in [-0.2, -0.15) is 4.31 Å². The molecule has 2 rings (SSSR count). The highest BCUT2D eigenvalue weighted by Crippen LogP contribution is 2.26. The predicted octanol–water partition coefficient (Wildman–Crippen LogP) is 1.37. The van der Waals surface area contributed by atoms with Gasteiger partial charge in [-0.05, 0) is 31.0 Å². The molecular formula is C12H14ClFN2O3S. The number of carbonyl (C=O) groups excluding carboxylic acids is 1. The fourth-order valence-electron chi connectivity index (χ4n) is 2.18. The van der Waals surface area contributed by atoms with Crippen molar-refractivity contribution in [1.29, 1.82) is 0 Å². The molecule has 1 fully saturated rings. The zero-order valence-electron chi connectivity index (χ0n) is 10.6. The van der Waals surface area contributed by atoms with Gasteiger partial charge in [0.25, 0.3) is 0 Å². The molecule has 1 saturated heterocycles. The average molecular weight is 321 g/mol. The molecule has 0 aromatic heterocycles. The van der Waals surface area contributed by atoms with Gasteiger partial charge in [-0.25, -0.2) is 12.8 Å². The van der Waals surface area contributed by atoms with Crippen molar-refractivity contribution >= 4 is 27.5 Å². The first-order valence-corrected chi connectivity index (χ1v) is 7.88. The molecule has 1 aliphatic rings. The number of hydrogen-bond donors (Lipinski definition) is 1. The van der Waals surface area contributed by atoms with Gasteiger partial charge in [-0.3, -0.25) is 4.79 Å². The first-order valence-electron chi connectivity index (χ1n) is 6.07. The van der Waals surface area contributed by atoms with Gasteiger partial charge in [-0.1, -0.05) is 11.6 Å². The zero-order chi connectivity index (χ0) is 14.9. The summed E-state index contributed by atoms with van der Waals surface area (Å²) >= 11 is 5.61. The predicted molar refractivity (Wildman–Crippen MR) is 72.1 cm³/mol. The highest BCUT2D eigenvalue weighted by Gasteiger charge is 2.32. The number of hydrogen-bond acceptors (Lipinski definition) is 3. The number of nitrogens with two attached hydrogens (primary N) is 1. The Kier molecular flexibility index (Phi) is 4.31. The Labute approximate surface area is 121 Å². The van der Waals surface area contributed by atoms with E-state index >= 15 is 0 Å². The van der Waals surface area contributed by atoms with Crippen LogP contribution in [-0.4, -0.2) is 31.7 Å². The molecule has 1 amide bonds. The molecular weight excluding hydrogens is 307 g/mol. The second-order valence-corrected chi connectivity index (χ2v) is 7.03. The van der Waals surface area contributed by atoms with Gasteiger partial charge < -0.3 is 5.73 Å². The van der Waals surface area contributed by atoms with E-state index in [0.717, 1.165) is 18.2 Å². The lowest BCUT2D eigenvalue weighted by Crippen LogP contribution is -2.44. The molecule has 110 valence electrons. The van der Waals surface area contributed by atoms with E-state index in [4.69, 9.17) is 17.3 Å². The molecule has 0 saturated carbocycles. The number of piperidine rings is 1. The lowest BCUT2D eigenvalue weighted by molar-refractivity contribution is -0.122. The molecule has 2 N–H and O–H groups in total. The van der Waals surface area contributed by atoms with Crippen LogP contribution in [0.4, 0.5) is 4.39 Å². The number of primary amides is 1. The maximum atomic E-state index is 13.1. The Morgan fingerprint density at radius 3 is 2.75 bits per heavy atom. The summed E-state index contributed by atoms with van der Waals surface area (Å²) in [5, 5.41) is -0.255. The van der Waals surface area contributed by atoms with Crippen molar-refractivity contribution in [1.82, 2.24) is 4.31 Å². The third-order valence-corrected chi connectivity index (χ3v) is 5.47. The number of nitrogens with zero attached hydrogens (tertiary/aromatic N) is 1. The van der Waals surface area contributed by atoms with Gasteiger partial charge in [0.1, 0.15) is 5.82 Å². The summed E-state index contributed by atoms with van der Waals surface area (Å²) in [6.07, 6.45) is 1.13. The van der Waals surface area contributed by atoms with E-state index in [2.05, 4.69) is 0 Å². The largest absolute Gasteiger partial charge is 0.369 e. The van der Waals surface area contributed by atoms with Crippen LogP contribution < -0.4 is 5.73 Å². The molecule has 1 aromatic carbocycles. The Morgan fingerprint density at radius 1 is 1.45 bits per heavy atom. The van der Waals surface area contributed by atoms with Crippen LogP contribution in [0.25, 0.3) is 0 Å². The SMILES string of the molecule is NC(=O)[C@H]1CCCN(S(=O)(=O)c2ccc(F)c(Cl)c2)C1. The summed E-state index contributed by atoms with van der Waals surface area (Å²) in [4.78, 5) is 11.1. The third kappa shape index (κ3) is 2.94. The quantitative estimate of drug-likeness (QED) is 0.913. The van der Waals surface area contributed by atoms with Crippen LogP contribution in [0, 0.1) is 11.7 Å². The zero-order valence-corrected chi connectivity index (χ0v) is 12.1. The van der Waals surface area contributed by atoms with Gasteiger partial charge in [-0.15, -0.1) is 0 Å². The number of amides is 1. The second kappa shape index (κ2) is 5.67. The summed E-state index contributed by atoms with van der Waals surface area (Å²) in [7, 11) is -3.79. The third-order valence-electron chi connectivity index (χ3n) is 3.32. The number of carbonyl (C=O) groups is 1. The molecule has 1 heterocycles. The molecule has 8 heteroatoms. The molecule has 0 spiro atoms. The van der Waals surface area contributed by atoms with E-state index in [0.29, 0.717) is 19.4 Å². The lowest BCUT2D eigenvalue weighted by Gasteiger charge is -2.30. The first kappa shape index (κ1) is 15.2. The van der Waals surface area contributed by atoms with Crippen molar-refractivity contribution in [3.8, 4) is 0 Å². The Morgan fingerprint density at radius 2 is 2.15 bits per heavy atom. The maximum Gasteiger partial charge on any atom is 0.243 e. The number of rotatable bonds is 3. The van der Waals surface area contributed by atoms with Crippen molar-refractivity contribution in [3.05, 3.63) is 29.0 Å². The van der Waals surface area contributed by atoms with Crippen molar-refractivity contribution in [2.45, 2.75) is 17.7 Å². The molecule has 0 aliphatic carbocycles. The van der Waals surface area contributed by atoms with Gasteiger partial charge in [0.2, 0.25) is 15.9 Å². The van der Waals surface area contributed by atoms with Crippen LogP contribution in [0.5, 0.6) is 0 Å². The van der Waals surface area contributed by atoms with Gasteiger partial charge in [0, 0.05) is 13.1 Å². The Bertz CT molecular complexity index is 636. The standard InChI is InChI=1S/C12H14ClFN2O3S/c13-10-6-9(3-4-11(10)14)20(18,19)16-5-1-2-8(7-16)12(15)17/h3-4,6,8H,1-2,5,7H2,(H2,15,17)/t8-/m0/s1. The maximum absolute atomic E-state index is 13.1. The van der Waals surface area contributed by atoms with Crippen LogP contribution in [0.15, 0.2) is 23.1 Å². The van der Waals surface area contributed by atoms with E-state index in [-0.39, 0.29) is 16.5 Å². The van der Waals surface area contributed by atoms with Gasteiger partial charge in [0.05, 0.1) is 15.8 Å². The van der Waals surface area contributed by atoms with Crippen molar-refractivity contribution in [3.63, 3.8) is 0 Å². The normalized spacial score (nSPS) is 20.8. The molecule has 1 atom stereocenters. The molecule has 0 bridgehead atoms. The van der Waals surface area contributed by atoms with E-state index in [1.165, 1.54) is 4.31 Å². The molecule has 5 nitrogen and oxygen atoms in total. The van der Waals surface area contributed by atoms with E-state index in [9.17, 15) is 17.6 Å². The summed E-state index contributed by atoms with van der Waals surface area (Å²) in [5.74, 6) is -1.68. The summed E-state index contributed by atoms with van der Waals surface area (Å²) < 4.78 is 39.1. The first-order chi connectivity index (χ1) is 9.32. The molecule has 0 radical (unpaired) electrons. The highest BCUT2D eigenvalue weighted by molar-refractivity contribution is 7.89. The van der Waals surface area contributed by atoms with Crippen LogP contribution >= 0.6 is 11.6 Å². The number of halogens is 2. The van der Waals surface area contributed by atoms with Crippen LogP contribution in [0.1, 0.15) is 12.8 Å². The van der Waals surface area contributed by atoms with E-state index in [1.54, 1.807) is 0 Å². The van der Waals surface area contributed by atoms with Crippen LogP contribution in [-0.2, 0) is 14.8 Å². The van der Waals surface area contributed by atoms with Gasteiger partial charge in [0.15, 0.2) is 0 Å². The minimum absolute atomic E-state index is 0.0483. The molecule has 1 aromatic rings. The fraction of sp³-hybridized carbons (Fsp3) is 0.417. The van der Waals surface area contributed by atoms with Crippen molar-refractivity contribution in [2.24, 2.45) is 11.7 Å². The van der Waals surface area contributed by atoms with E-state index < -0.39 is 27.7 Å². The number of benzene rings is 1. The lowest BCUT2D eigenvalue weighted by atomic mass is 9.99. The Balaban J connectivity index is 2.29. The summed E-state index contributed by atoms with van der Waals surface area (Å²) in [6.45, 7) is 0.355. The van der Waals surface area contributed by atoms with Crippen LogP contribution in [0.2, 0.25) is 5.02 Å². The van der Waals surface area contributed by atoms with Crippen molar-refractivity contribution in [2.75, 3.05) is 13.1 Å². The molecule has 20 heavy (non-hydrogen) atoms. The van der Waals surface area contributed by atoms with Crippen molar-refractivity contribution < 1.29 is 17.6 Å². The monoisotopic (exact) mass is 320 g/mol. The van der Waals surface area contributed by atoms with Gasteiger partial charge >= 0.3 is 0 Å². The summed E-state index contributed by atoms with van der Waals surface area (Å²) in [5.41, 5.74) is 5.22. The Hall–Kier alpha value is -1.18. The minimum atomic E-state index is -3.79. The number of sulfonamides is 1. The summed E-state index contributed by atoms with van der Waals surface area (Å²) in [6, 6.07) is 3.23. The second-order valence-electron chi connectivity index (χ2n) is 4.68. The van der Waals surface area contributed by atoms with Crippen LogP contribution in [0.3, 0.4) is 0 Å². The molecule has 0 unspecified atom stereocenters.